The maximum atomic E-state index is 5.59. The van der Waals surface area contributed by atoms with Gasteiger partial charge < -0.3 is 4.74 Å². The van der Waals surface area contributed by atoms with E-state index in [0.717, 1.165) is 16.7 Å². The molecule has 4 heteroatoms. The average Bonchev–Trinajstić information content (AvgIpc) is 2.98. The normalized spacial score (nSPS) is 11.2. The third kappa shape index (κ3) is 2.70. The number of rotatable bonds is 4. The number of fused-ring (bicyclic) bond motifs is 1. The highest BCUT2D eigenvalue weighted by Gasteiger charge is 2.07. The molecule has 0 atom stereocenters. The molecule has 20 heavy (non-hydrogen) atoms. The largest absolute Gasteiger partial charge is 0.476 e. The summed E-state index contributed by atoms with van der Waals surface area (Å²) in [5, 5.41) is 2.05. The fraction of sp³-hybridized carbons (Fsp3) is 0.125. The zero-order chi connectivity index (χ0) is 13.8. The molecule has 3 rings (SSSR count). The monoisotopic (exact) mass is 282 g/mol. The number of nitrogens with zero attached hydrogens (tertiary/aromatic N) is 2. The van der Waals surface area contributed by atoms with Crippen LogP contribution >= 0.6 is 11.3 Å². The molecule has 0 N–H and O–H groups in total. The van der Waals surface area contributed by atoms with E-state index in [2.05, 4.69) is 21.4 Å². The standard InChI is InChI=1S/C16H14N2OS/c1-2-19-16-15(10-9-12-6-5-11-20-12)17-13-7-3-4-8-14(13)18-16/h3-11H,2H2,1H3/b10-9+. The predicted molar refractivity (Wildman–Crippen MR) is 84.0 cm³/mol. The number of ether oxygens (including phenoxy) is 1. The lowest BCUT2D eigenvalue weighted by Gasteiger charge is -2.06. The van der Waals surface area contributed by atoms with Crippen LogP contribution in [0.25, 0.3) is 23.2 Å². The van der Waals surface area contributed by atoms with Crippen molar-refractivity contribution in [1.29, 1.82) is 0 Å². The van der Waals surface area contributed by atoms with Crippen molar-refractivity contribution in [3.05, 3.63) is 52.3 Å². The van der Waals surface area contributed by atoms with Crippen molar-refractivity contribution in [3.8, 4) is 5.88 Å². The van der Waals surface area contributed by atoms with Crippen LogP contribution in [0.3, 0.4) is 0 Å². The molecule has 0 bridgehead atoms. The summed E-state index contributed by atoms with van der Waals surface area (Å²) in [7, 11) is 0. The Bertz CT molecular complexity index is 735. The fourth-order valence-electron chi connectivity index (χ4n) is 1.90. The number of hydrogen-bond acceptors (Lipinski definition) is 4. The Balaban J connectivity index is 2.04. The predicted octanol–water partition coefficient (Wildman–Crippen LogP) is 4.26. The maximum Gasteiger partial charge on any atom is 0.240 e. The molecule has 0 aliphatic heterocycles. The molecule has 0 fully saturated rings. The minimum absolute atomic E-state index is 0.576. The smallest absolute Gasteiger partial charge is 0.240 e. The summed E-state index contributed by atoms with van der Waals surface area (Å²) in [5.41, 5.74) is 2.49. The molecule has 0 saturated carbocycles. The van der Waals surface area contributed by atoms with E-state index >= 15 is 0 Å². The summed E-state index contributed by atoms with van der Waals surface area (Å²) in [6, 6.07) is 11.9. The summed E-state index contributed by atoms with van der Waals surface area (Å²) < 4.78 is 5.59. The first kappa shape index (κ1) is 12.8. The van der Waals surface area contributed by atoms with Crippen LogP contribution in [-0.2, 0) is 0 Å². The molecule has 0 unspecified atom stereocenters. The molecule has 100 valence electrons. The van der Waals surface area contributed by atoms with Gasteiger partial charge in [0.1, 0.15) is 5.69 Å². The summed E-state index contributed by atoms with van der Waals surface area (Å²) in [4.78, 5) is 10.3. The molecule has 3 nitrogen and oxygen atoms in total. The summed E-state index contributed by atoms with van der Waals surface area (Å²) in [6.07, 6.45) is 3.99. The van der Waals surface area contributed by atoms with Crippen LogP contribution in [0.4, 0.5) is 0 Å². The van der Waals surface area contributed by atoms with Crippen molar-refractivity contribution >= 4 is 34.5 Å². The number of aromatic nitrogens is 2. The Labute approximate surface area is 121 Å². The number of thiophene rings is 1. The fourth-order valence-corrected chi connectivity index (χ4v) is 2.51. The molecule has 0 saturated heterocycles. The van der Waals surface area contributed by atoms with Crippen LogP contribution in [0.1, 0.15) is 17.5 Å². The van der Waals surface area contributed by atoms with Gasteiger partial charge in [-0.1, -0.05) is 18.2 Å². The van der Waals surface area contributed by atoms with Crippen LogP contribution in [0.5, 0.6) is 5.88 Å². The SMILES string of the molecule is CCOc1nc2ccccc2nc1/C=C/c1cccs1. The second-order valence-electron chi connectivity index (χ2n) is 4.18. The van der Waals surface area contributed by atoms with E-state index in [1.807, 2.05) is 49.4 Å². The first-order valence-corrected chi connectivity index (χ1v) is 7.36. The summed E-state index contributed by atoms with van der Waals surface area (Å²) >= 11 is 1.69. The van der Waals surface area contributed by atoms with Crippen molar-refractivity contribution in [3.63, 3.8) is 0 Å². The van der Waals surface area contributed by atoms with Crippen LogP contribution < -0.4 is 4.74 Å². The number of benzene rings is 1. The molecular formula is C16H14N2OS. The van der Waals surface area contributed by atoms with Crippen molar-refractivity contribution in [2.24, 2.45) is 0 Å². The molecule has 1 aromatic carbocycles. The molecule has 0 aliphatic carbocycles. The Morgan fingerprint density at radius 1 is 1.05 bits per heavy atom. The lowest BCUT2D eigenvalue weighted by molar-refractivity contribution is 0.326. The van der Waals surface area contributed by atoms with Gasteiger partial charge in [-0.2, -0.15) is 0 Å². The zero-order valence-electron chi connectivity index (χ0n) is 11.1. The lowest BCUT2D eigenvalue weighted by Crippen LogP contribution is -1.99. The van der Waals surface area contributed by atoms with Gasteiger partial charge in [0.15, 0.2) is 0 Å². The van der Waals surface area contributed by atoms with Crippen LogP contribution in [-0.4, -0.2) is 16.6 Å². The van der Waals surface area contributed by atoms with Gasteiger partial charge in [0.05, 0.1) is 17.6 Å². The van der Waals surface area contributed by atoms with E-state index in [1.165, 1.54) is 4.88 Å². The quantitative estimate of drug-likeness (QED) is 0.717. The van der Waals surface area contributed by atoms with E-state index in [-0.39, 0.29) is 0 Å². The van der Waals surface area contributed by atoms with E-state index in [9.17, 15) is 0 Å². The third-order valence-corrected chi connectivity index (χ3v) is 3.63. The summed E-state index contributed by atoms with van der Waals surface area (Å²) in [6.45, 7) is 2.52. The second kappa shape index (κ2) is 5.84. The van der Waals surface area contributed by atoms with Gasteiger partial charge in [-0.3, -0.25) is 0 Å². The average molecular weight is 282 g/mol. The molecule has 3 aromatic rings. The van der Waals surface area contributed by atoms with Crippen molar-refractivity contribution in [1.82, 2.24) is 9.97 Å². The highest BCUT2D eigenvalue weighted by Crippen LogP contribution is 2.21. The topological polar surface area (TPSA) is 35.0 Å². The van der Waals surface area contributed by atoms with E-state index in [4.69, 9.17) is 4.74 Å². The van der Waals surface area contributed by atoms with Gasteiger partial charge in [-0.25, -0.2) is 9.97 Å². The number of para-hydroxylation sites is 2. The lowest BCUT2D eigenvalue weighted by atomic mass is 10.2. The van der Waals surface area contributed by atoms with Crippen LogP contribution in [0.2, 0.25) is 0 Å². The third-order valence-electron chi connectivity index (χ3n) is 2.79. The second-order valence-corrected chi connectivity index (χ2v) is 5.16. The van der Waals surface area contributed by atoms with Gasteiger partial charge in [0, 0.05) is 4.88 Å². The molecule has 0 aliphatic rings. The van der Waals surface area contributed by atoms with E-state index in [0.29, 0.717) is 12.5 Å². The minimum Gasteiger partial charge on any atom is -0.476 e. The van der Waals surface area contributed by atoms with Gasteiger partial charge in [0.25, 0.3) is 0 Å². The van der Waals surface area contributed by atoms with E-state index < -0.39 is 0 Å². The molecule has 2 heterocycles. The highest BCUT2D eigenvalue weighted by molar-refractivity contribution is 7.10. The van der Waals surface area contributed by atoms with Crippen molar-refractivity contribution in [2.75, 3.05) is 6.61 Å². The van der Waals surface area contributed by atoms with Crippen molar-refractivity contribution < 1.29 is 4.74 Å². The number of hydrogen-bond donors (Lipinski definition) is 0. The molecule has 2 aromatic heterocycles. The molecule has 0 radical (unpaired) electrons. The molecule has 0 spiro atoms. The summed E-state index contributed by atoms with van der Waals surface area (Å²) in [5.74, 6) is 0.582. The zero-order valence-corrected chi connectivity index (χ0v) is 11.9. The van der Waals surface area contributed by atoms with Gasteiger partial charge >= 0.3 is 0 Å². The minimum atomic E-state index is 0.576. The molecule has 0 amide bonds. The van der Waals surface area contributed by atoms with E-state index in [1.54, 1.807) is 11.3 Å². The molecular weight excluding hydrogens is 268 g/mol. The first-order chi connectivity index (χ1) is 9.86. The Kier molecular flexibility index (Phi) is 3.74. The highest BCUT2D eigenvalue weighted by atomic mass is 32.1. The van der Waals surface area contributed by atoms with Crippen molar-refractivity contribution in [2.45, 2.75) is 6.92 Å². The first-order valence-electron chi connectivity index (χ1n) is 6.48. The van der Waals surface area contributed by atoms with Gasteiger partial charge in [-0.15, -0.1) is 11.3 Å². The van der Waals surface area contributed by atoms with Gasteiger partial charge in [0.2, 0.25) is 5.88 Å². The Morgan fingerprint density at radius 3 is 2.55 bits per heavy atom. The van der Waals surface area contributed by atoms with Crippen LogP contribution in [0, 0.1) is 0 Å². The van der Waals surface area contributed by atoms with Gasteiger partial charge in [-0.05, 0) is 42.7 Å². The maximum absolute atomic E-state index is 5.59. The Hall–Kier alpha value is -2.20. The van der Waals surface area contributed by atoms with Crippen LogP contribution in [0.15, 0.2) is 41.8 Å². The Morgan fingerprint density at radius 2 is 1.85 bits per heavy atom.